The number of ether oxygens (including phenoxy) is 3. The van der Waals surface area contributed by atoms with Crippen LogP contribution >= 0.6 is 11.3 Å². The van der Waals surface area contributed by atoms with Gasteiger partial charge in [-0.05, 0) is 76.1 Å². The first-order valence-electron chi connectivity index (χ1n) is 13.1. The van der Waals surface area contributed by atoms with E-state index in [1.165, 1.54) is 4.88 Å². The summed E-state index contributed by atoms with van der Waals surface area (Å²) in [5.41, 5.74) is 1.60. The summed E-state index contributed by atoms with van der Waals surface area (Å²) in [6.45, 7) is 9.15. The fourth-order valence-electron chi connectivity index (χ4n) is 4.12. The fourth-order valence-corrected chi connectivity index (χ4v) is 5.03. The second-order valence-corrected chi connectivity index (χ2v) is 10.7. The first-order chi connectivity index (χ1) is 18.7. The Morgan fingerprint density at radius 2 is 1.72 bits per heavy atom. The summed E-state index contributed by atoms with van der Waals surface area (Å²) in [5.74, 6) is 1.78. The third-order valence-corrected chi connectivity index (χ3v) is 7.22. The van der Waals surface area contributed by atoms with Gasteiger partial charge in [-0.3, -0.25) is 4.79 Å². The maximum atomic E-state index is 13.7. The molecule has 0 spiro atoms. The molecule has 2 aromatic carbocycles. The maximum Gasteiger partial charge on any atom is 0.322 e. The van der Waals surface area contributed by atoms with Crippen molar-refractivity contribution in [2.75, 3.05) is 39.2 Å². The van der Waals surface area contributed by atoms with Crippen molar-refractivity contribution in [3.8, 4) is 17.2 Å². The average molecular weight is 554 g/mol. The molecule has 1 N–H and O–H groups in total. The Hall–Kier alpha value is -3.72. The van der Waals surface area contributed by atoms with Gasteiger partial charge in [-0.2, -0.15) is 0 Å². The van der Waals surface area contributed by atoms with Crippen LogP contribution in [-0.2, 0) is 17.8 Å². The zero-order chi connectivity index (χ0) is 28.4. The van der Waals surface area contributed by atoms with Gasteiger partial charge < -0.3 is 29.3 Å². The van der Waals surface area contributed by atoms with Crippen molar-refractivity contribution >= 4 is 29.0 Å². The van der Waals surface area contributed by atoms with Gasteiger partial charge in [-0.25, -0.2) is 4.79 Å². The van der Waals surface area contributed by atoms with Crippen LogP contribution in [0.25, 0.3) is 0 Å². The molecule has 0 bridgehead atoms. The van der Waals surface area contributed by atoms with E-state index in [0.29, 0.717) is 49.1 Å². The molecular weight excluding hydrogens is 514 g/mol. The number of carbonyl (C=O) groups is 2. The minimum atomic E-state index is -0.350. The largest absolute Gasteiger partial charge is 0.493 e. The summed E-state index contributed by atoms with van der Waals surface area (Å²) in [7, 11) is 3.21. The number of nitrogens with one attached hydrogen (secondary N) is 1. The van der Waals surface area contributed by atoms with Crippen LogP contribution in [0.1, 0.15) is 36.1 Å². The lowest BCUT2D eigenvalue weighted by molar-refractivity contribution is -0.132. The van der Waals surface area contributed by atoms with E-state index in [9.17, 15) is 9.59 Å². The van der Waals surface area contributed by atoms with Crippen LogP contribution < -0.4 is 19.5 Å². The summed E-state index contributed by atoms with van der Waals surface area (Å²) in [6, 6.07) is 16.6. The number of urea groups is 1. The average Bonchev–Trinajstić information content (AvgIpc) is 3.34. The number of methoxy groups -OCH3 is 2. The van der Waals surface area contributed by atoms with Gasteiger partial charge in [-0.15, -0.1) is 11.3 Å². The number of nitrogens with zero attached hydrogens (tertiary/aromatic N) is 2. The van der Waals surface area contributed by atoms with E-state index in [4.69, 9.17) is 14.2 Å². The molecule has 3 rings (SSSR count). The standard InChI is InChI=1S/C30H39N3O5S/c1-7-38-26-11-9-8-10-25(26)31-30(35)33(21(2)3)20-29(34)32(19-24-14-12-22(4)39-24)17-16-23-13-15-27(36-5)28(18-23)37-6/h8-15,18,21H,7,16-17,19-20H2,1-6H3,(H,31,35). The summed E-state index contributed by atoms with van der Waals surface area (Å²) < 4.78 is 16.4. The first kappa shape index (κ1) is 29.8. The molecule has 210 valence electrons. The number of carbonyl (C=O) groups excluding carboxylic acids is 2. The van der Waals surface area contributed by atoms with Gasteiger partial charge in [0.25, 0.3) is 0 Å². The van der Waals surface area contributed by atoms with E-state index >= 15 is 0 Å². The molecule has 0 unspecified atom stereocenters. The third kappa shape index (κ3) is 8.38. The third-order valence-electron chi connectivity index (χ3n) is 6.23. The number of amides is 3. The lowest BCUT2D eigenvalue weighted by atomic mass is 10.1. The van der Waals surface area contributed by atoms with Crippen molar-refractivity contribution in [1.82, 2.24) is 9.80 Å². The zero-order valence-corrected chi connectivity index (χ0v) is 24.5. The molecule has 0 atom stereocenters. The highest BCUT2D eigenvalue weighted by molar-refractivity contribution is 7.11. The number of hydrogen-bond acceptors (Lipinski definition) is 6. The predicted molar refractivity (Wildman–Crippen MR) is 156 cm³/mol. The number of aryl methyl sites for hydroxylation is 1. The van der Waals surface area contributed by atoms with E-state index in [1.54, 1.807) is 36.5 Å². The van der Waals surface area contributed by atoms with E-state index in [1.807, 2.05) is 68.1 Å². The molecule has 0 fully saturated rings. The van der Waals surface area contributed by atoms with Gasteiger partial charge in [0, 0.05) is 22.3 Å². The number of rotatable bonds is 13. The monoisotopic (exact) mass is 553 g/mol. The molecule has 3 amide bonds. The Morgan fingerprint density at radius 3 is 2.36 bits per heavy atom. The highest BCUT2D eigenvalue weighted by atomic mass is 32.1. The zero-order valence-electron chi connectivity index (χ0n) is 23.7. The lowest BCUT2D eigenvalue weighted by Gasteiger charge is -2.30. The van der Waals surface area contributed by atoms with Crippen LogP contribution in [0.5, 0.6) is 17.2 Å². The molecule has 39 heavy (non-hydrogen) atoms. The number of benzene rings is 2. The Labute approximate surface area is 235 Å². The second-order valence-electron chi connectivity index (χ2n) is 9.35. The molecule has 0 saturated carbocycles. The number of para-hydroxylation sites is 2. The van der Waals surface area contributed by atoms with Gasteiger partial charge in [0.2, 0.25) is 5.91 Å². The fraction of sp³-hybridized carbons (Fsp3) is 0.400. The molecule has 0 aliphatic rings. The molecule has 0 aliphatic heterocycles. The van der Waals surface area contributed by atoms with Crippen molar-refractivity contribution in [1.29, 1.82) is 0 Å². The molecule has 1 heterocycles. The van der Waals surface area contributed by atoms with E-state index in [-0.39, 0.29) is 24.5 Å². The maximum absolute atomic E-state index is 13.7. The molecule has 9 heteroatoms. The Morgan fingerprint density at radius 1 is 0.974 bits per heavy atom. The predicted octanol–water partition coefficient (Wildman–Crippen LogP) is 5.99. The van der Waals surface area contributed by atoms with E-state index in [2.05, 4.69) is 18.3 Å². The minimum Gasteiger partial charge on any atom is -0.493 e. The topological polar surface area (TPSA) is 80.3 Å². The SMILES string of the molecule is CCOc1ccccc1NC(=O)N(CC(=O)N(CCc1ccc(OC)c(OC)c1)Cc1ccc(C)s1)C(C)C. The highest BCUT2D eigenvalue weighted by Crippen LogP contribution is 2.28. The molecule has 0 radical (unpaired) electrons. The van der Waals surface area contributed by atoms with Crippen LogP contribution in [-0.4, -0.2) is 61.7 Å². The molecule has 0 aliphatic carbocycles. The highest BCUT2D eigenvalue weighted by Gasteiger charge is 2.25. The van der Waals surface area contributed by atoms with Gasteiger partial charge in [0.15, 0.2) is 11.5 Å². The summed E-state index contributed by atoms with van der Waals surface area (Å²) in [5, 5.41) is 2.92. The van der Waals surface area contributed by atoms with Crippen molar-refractivity contribution in [3.63, 3.8) is 0 Å². The molecule has 3 aromatic rings. The van der Waals surface area contributed by atoms with Gasteiger partial charge in [0.1, 0.15) is 12.3 Å². The van der Waals surface area contributed by atoms with Crippen molar-refractivity contribution < 1.29 is 23.8 Å². The molecule has 0 saturated heterocycles. The van der Waals surface area contributed by atoms with Gasteiger partial charge in [0.05, 0.1) is 33.1 Å². The molecule has 1 aromatic heterocycles. The Balaban J connectivity index is 1.77. The van der Waals surface area contributed by atoms with Crippen molar-refractivity contribution in [3.05, 3.63) is 69.9 Å². The summed E-state index contributed by atoms with van der Waals surface area (Å²) in [6.07, 6.45) is 0.631. The van der Waals surface area contributed by atoms with Gasteiger partial charge >= 0.3 is 6.03 Å². The Kier molecular flexibility index (Phi) is 11.0. The second kappa shape index (κ2) is 14.4. The molecule has 8 nitrogen and oxygen atoms in total. The smallest absolute Gasteiger partial charge is 0.322 e. The van der Waals surface area contributed by atoms with Crippen molar-refractivity contribution in [2.24, 2.45) is 0 Å². The minimum absolute atomic E-state index is 0.0450. The number of thiophene rings is 1. The van der Waals surface area contributed by atoms with Crippen molar-refractivity contribution in [2.45, 2.75) is 46.7 Å². The van der Waals surface area contributed by atoms with Crippen LogP contribution in [0.4, 0.5) is 10.5 Å². The van der Waals surface area contributed by atoms with Crippen LogP contribution in [0, 0.1) is 6.92 Å². The summed E-state index contributed by atoms with van der Waals surface area (Å²) >= 11 is 1.67. The van der Waals surface area contributed by atoms with E-state index < -0.39 is 0 Å². The van der Waals surface area contributed by atoms with Gasteiger partial charge in [-0.1, -0.05) is 18.2 Å². The molecular formula is C30H39N3O5S. The normalized spacial score (nSPS) is 10.7. The summed E-state index contributed by atoms with van der Waals surface area (Å²) in [4.78, 5) is 32.6. The van der Waals surface area contributed by atoms with E-state index in [0.717, 1.165) is 10.4 Å². The Bertz CT molecular complexity index is 1240. The number of anilines is 1. The van der Waals surface area contributed by atoms with Crippen LogP contribution in [0.15, 0.2) is 54.6 Å². The van der Waals surface area contributed by atoms with Crippen LogP contribution in [0.2, 0.25) is 0 Å². The quantitative estimate of drug-likeness (QED) is 0.281. The van der Waals surface area contributed by atoms with Crippen LogP contribution in [0.3, 0.4) is 0 Å². The first-order valence-corrected chi connectivity index (χ1v) is 13.9. The lowest BCUT2D eigenvalue weighted by Crippen LogP contribution is -2.47. The number of hydrogen-bond donors (Lipinski definition) is 1.